The third-order valence-electron chi connectivity index (χ3n) is 3.95. The summed E-state index contributed by atoms with van der Waals surface area (Å²) in [6.45, 7) is 9.83. The van der Waals surface area contributed by atoms with Gasteiger partial charge >= 0.3 is 0 Å². The standard InChI is InChI=1S/C15H23N5O2/c1-9(2)13-16-12(21-18-13)8-20-7-5-6-11(20)14-17-15(10(3)4)22-19-14/h9-11H,5-8H2,1-4H3. The largest absolute Gasteiger partial charge is 0.339 e. The van der Waals surface area contributed by atoms with Gasteiger partial charge in [-0.1, -0.05) is 38.0 Å². The fraction of sp³-hybridized carbons (Fsp3) is 0.733. The maximum absolute atomic E-state index is 5.35. The van der Waals surface area contributed by atoms with E-state index in [0.29, 0.717) is 18.3 Å². The second-order valence-electron chi connectivity index (χ2n) is 6.48. The van der Waals surface area contributed by atoms with E-state index in [1.54, 1.807) is 0 Å². The Hall–Kier alpha value is -1.76. The third-order valence-corrected chi connectivity index (χ3v) is 3.95. The van der Waals surface area contributed by atoms with Crippen LogP contribution in [-0.2, 0) is 6.54 Å². The molecule has 0 amide bonds. The Bertz CT molecular complexity index is 619. The van der Waals surface area contributed by atoms with E-state index in [0.717, 1.165) is 31.0 Å². The second kappa shape index (κ2) is 6.16. The molecule has 0 spiro atoms. The zero-order valence-corrected chi connectivity index (χ0v) is 13.6. The van der Waals surface area contributed by atoms with Crippen LogP contribution in [0.25, 0.3) is 0 Å². The lowest BCUT2D eigenvalue weighted by atomic mass is 10.2. The minimum absolute atomic E-state index is 0.172. The van der Waals surface area contributed by atoms with Gasteiger partial charge in [0.2, 0.25) is 11.8 Å². The molecule has 3 rings (SSSR count). The van der Waals surface area contributed by atoms with E-state index in [1.165, 1.54) is 0 Å². The molecule has 2 aromatic heterocycles. The van der Waals surface area contributed by atoms with Gasteiger partial charge in [0, 0.05) is 11.8 Å². The first-order valence-corrected chi connectivity index (χ1v) is 7.94. The van der Waals surface area contributed by atoms with Crippen molar-refractivity contribution in [2.45, 2.75) is 65.0 Å². The lowest BCUT2D eigenvalue weighted by molar-refractivity contribution is 0.202. The molecule has 1 fully saturated rings. The molecule has 0 aliphatic carbocycles. The first-order chi connectivity index (χ1) is 10.5. The maximum Gasteiger partial charge on any atom is 0.240 e. The summed E-state index contributed by atoms with van der Waals surface area (Å²) in [7, 11) is 0. The van der Waals surface area contributed by atoms with Crippen LogP contribution in [0.4, 0.5) is 0 Å². The van der Waals surface area contributed by atoms with E-state index < -0.39 is 0 Å². The molecule has 1 aliphatic heterocycles. The molecule has 1 saturated heterocycles. The predicted octanol–water partition coefficient (Wildman–Crippen LogP) is 3.04. The molecule has 1 aliphatic rings. The van der Waals surface area contributed by atoms with Crippen LogP contribution in [0, 0.1) is 0 Å². The highest BCUT2D eigenvalue weighted by molar-refractivity contribution is 5.01. The Kier molecular flexibility index (Phi) is 4.24. The van der Waals surface area contributed by atoms with Crippen LogP contribution < -0.4 is 0 Å². The number of hydrogen-bond donors (Lipinski definition) is 0. The van der Waals surface area contributed by atoms with E-state index in [4.69, 9.17) is 9.05 Å². The van der Waals surface area contributed by atoms with E-state index in [1.807, 2.05) is 0 Å². The van der Waals surface area contributed by atoms with Crippen LogP contribution in [0.2, 0.25) is 0 Å². The zero-order chi connectivity index (χ0) is 15.7. The van der Waals surface area contributed by atoms with Crippen molar-refractivity contribution in [2.75, 3.05) is 6.54 Å². The summed E-state index contributed by atoms with van der Waals surface area (Å²) in [6.07, 6.45) is 2.14. The number of hydrogen-bond acceptors (Lipinski definition) is 7. The molecule has 1 unspecified atom stereocenters. The SMILES string of the molecule is CC(C)c1noc(CN2CCCC2c2noc(C(C)C)n2)n1. The molecule has 7 nitrogen and oxygen atoms in total. The average molecular weight is 305 g/mol. The van der Waals surface area contributed by atoms with Crippen LogP contribution in [0.15, 0.2) is 9.05 Å². The summed E-state index contributed by atoms with van der Waals surface area (Å²) < 4.78 is 10.7. The lowest BCUT2D eigenvalue weighted by Gasteiger charge is -2.19. The number of aromatic nitrogens is 4. The van der Waals surface area contributed by atoms with Gasteiger partial charge in [-0.2, -0.15) is 9.97 Å². The Morgan fingerprint density at radius 2 is 1.91 bits per heavy atom. The van der Waals surface area contributed by atoms with Crippen molar-refractivity contribution in [2.24, 2.45) is 0 Å². The molecule has 0 bridgehead atoms. The summed E-state index contributed by atoms with van der Waals surface area (Å²) in [5.74, 6) is 3.40. The van der Waals surface area contributed by atoms with Crippen LogP contribution >= 0.6 is 0 Å². The summed E-state index contributed by atoms with van der Waals surface area (Å²) in [5.41, 5.74) is 0. The molecule has 0 saturated carbocycles. The van der Waals surface area contributed by atoms with E-state index in [-0.39, 0.29) is 17.9 Å². The quantitative estimate of drug-likeness (QED) is 0.839. The second-order valence-corrected chi connectivity index (χ2v) is 6.48. The highest BCUT2D eigenvalue weighted by atomic mass is 16.5. The molecular formula is C15H23N5O2. The van der Waals surface area contributed by atoms with Gasteiger partial charge in [-0.15, -0.1) is 0 Å². The average Bonchev–Trinajstić information content (AvgIpc) is 3.18. The normalized spacial score (nSPS) is 19.6. The predicted molar refractivity (Wildman–Crippen MR) is 79.2 cm³/mol. The molecule has 0 radical (unpaired) electrons. The third kappa shape index (κ3) is 3.04. The Balaban J connectivity index is 1.72. The molecule has 7 heteroatoms. The van der Waals surface area contributed by atoms with E-state index in [2.05, 4.69) is 52.9 Å². The van der Waals surface area contributed by atoms with Crippen LogP contribution in [0.5, 0.6) is 0 Å². The lowest BCUT2D eigenvalue weighted by Crippen LogP contribution is -2.23. The Labute approximate surface area is 130 Å². The molecular weight excluding hydrogens is 282 g/mol. The number of nitrogens with zero attached hydrogens (tertiary/aromatic N) is 5. The zero-order valence-electron chi connectivity index (χ0n) is 13.6. The van der Waals surface area contributed by atoms with Crippen molar-refractivity contribution in [3.05, 3.63) is 23.4 Å². The minimum atomic E-state index is 0.172. The fourth-order valence-corrected chi connectivity index (χ4v) is 2.67. The molecule has 0 aromatic carbocycles. The number of likely N-dealkylation sites (tertiary alicyclic amines) is 1. The van der Waals surface area contributed by atoms with Crippen molar-refractivity contribution < 1.29 is 9.05 Å². The molecule has 22 heavy (non-hydrogen) atoms. The molecule has 3 heterocycles. The van der Waals surface area contributed by atoms with Gasteiger partial charge in [0.1, 0.15) is 0 Å². The molecule has 120 valence electrons. The van der Waals surface area contributed by atoms with Gasteiger partial charge in [-0.05, 0) is 19.4 Å². The monoisotopic (exact) mass is 305 g/mol. The summed E-state index contributed by atoms with van der Waals surface area (Å²) in [4.78, 5) is 11.3. The molecule has 0 N–H and O–H groups in total. The fourth-order valence-electron chi connectivity index (χ4n) is 2.67. The highest BCUT2D eigenvalue weighted by Gasteiger charge is 2.31. The highest BCUT2D eigenvalue weighted by Crippen LogP contribution is 2.32. The first-order valence-electron chi connectivity index (χ1n) is 7.94. The van der Waals surface area contributed by atoms with Gasteiger partial charge < -0.3 is 9.05 Å². The first kappa shape index (κ1) is 15.1. The number of rotatable bonds is 5. The molecule has 2 aromatic rings. The van der Waals surface area contributed by atoms with E-state index >= 15 is 0 Å². The van der Waals surface area contributed by atoms with Crippen LogP contribution in [-0.4, -0.2) is 31.7 Å². The Morgan fingerprint density at radius 3 is 2.55 bits per heavy atom. The van der Waals surface area contributed by atoms with Gasteiger partial charge in [0.05, 0.1) is 12.6 Å². The van der Waals surface area contributed by atoms with Crippen molar-refractivity contribution in [3.8, 4) is 0 Å². The summed E-state index contributed by atoms with van der Waals surface area (Å²) in [5, 5.41) is 8.17. The summed E-state index contributed by atoms with van der Waals surface area (Å²) >= 11 is 0. The van der Waals surface area contributed by atoms with Crippen molar-refractivity contribution >= 4 is 0 Å². The minimum Gasteiger partial charge on any atom is -0.339 e. The van der Waals surface area contributed by atoms with Crippen LogP contribution in [0.3, 0.4) is 0 Å². The van der Waals surface area contributed by atoms with Gasteiger partial charge in [-0.25, -0.2) is 0 Å². The van der Waals surface area contributed by atoms with Gasteiger partial charge in [0.25, 0.3) is 0 Å². The van der Waals surface area contributed by atoms with Crippen LogP contribution in [0.1, 0.15) is 81.8 Å². The summed E-state index contributed by atoms with van der Waals surface area (Å²) in [6, 6.07) is 0.172. The van der Waals surface area contributed by atoms with Crippen molar-refractivity contribution in [1.82, 2.24) is 25.2 Å². The van der Waals surface area contributed by atoms with Gasteiger partial charge in [0.15, 0.2) is 11.6 Å². The topological polar surface area (TPSA) is 81.1 Å². The van der Waals surface area contributed by atoms with Crippen molar-refractivity contribution in [1.29, 1.82) is 0 Å². The molecule has 1 atom stereocenters. The van der Waals surface area contributed by atoms with Crippen molar-refractivity contribution in [3.63, 3.8) is 0 Å². The smallest absolute Gasteiger partial charge is 0.240 e. The Morgan fingerprint density at radius 1 is 1.09 bits per heavy atom. The van der Waals surface area contributed by atoms with E-state index in [9.17, 15) is 0 Å². The van der Waals surface area contributed by atoms with Gasteiger partial charge in [-0.3, -0.25) is 4.90 Å². The maximum atomic E-state index is 5.35.